The van der Waals surface area contributed by atoms with Crippen molar-refractivity contribution in [2.24, 2.45) is 11.7 Å². The van der Waals surface area contributed by atoms with Crippen molar-refractivity contribution in [2.75, 3.05) is 20.2 Å². The maximum absolute atomic E-state index is 12.1. The monoisotopic (exact) mass is 333 g/mol. The van der Waals surface area contributed by atoms with Gasteiger partial charge in [0.1, 0.15) is 6.04 Å². The number of hydrogen-bond acceptors (Lipinski definition) is 5. The zero-order valence-electron chi connectivity index (χ0n) is 13.0. The molecule has 0 aliphatic carbocycles. The van der Waals surface area contributed by atoms with Crippen LogP contribution in [0.5, 0.6) is 0 Å². The van der Waals surface area contributed by atoms with E-state index in [2.05, 4.69) is 10.1 Å². The molecule has 2 saturated heterocycles. The standard InChI is InChI=1S/C14H23N3O4.ClH/c1-9(18)17-5-3-14(4-6-17)8-10(12(19)16-14)7-11(15)13(20)21-2;/h10-11H,3-8,15H2,1-2H3,(H,16,19);1H/t10?,11-;/m0./s1. The van der Waals surface area contributed by atoms with Gasteiger partial charge in [0.15, 0.2) is 0 Å². The smallest absolute Gasteiger partial charge is 0.322 e. The Morgan fingerprint density at radius 2 is 2.05 bits per heavy atom. The first-order valence-electron chi connectivity index (χ1n) is 7.28. The Hall–Kier alpha value is -1.34. The van der Waals surface area contributed by atoms with Gasteiger partial charge in [-0.05, 0) is 25.7 Å². The van der Waals surface area contributed by atoms with Crippen molar-refractivity contribution < 1.29 is 19.1 Å². The lowest BCUT2D eigenvalue weighted by molar-refractivity contribution is -0.142. The molecule has 8 heteroatoms. The molecule has 0 aromatic heterocycles. The molecule has 2 aliphatic rings. The number of carbonyl (C=O) groups excluding carboxylic acids is 3. The molecular formula is C14H24ClN3O4. The van der Waals surface area contributed by atoms with Crippen LogP contribution >= 0.6 is 12.4 Å². The summed E-state index contributed by atoms with van der Waals surface area (Å²) < 4.78 is 4.60. The molecule has 7 nitrogen and oxygen atoms in total. The molecule has 2 rings (SSSR count). The van der Waals surface area contributed by atoms with E-state index in [0.717, 1.165) is 12.8 Å². The Balaban J connectivity index is 0.00000242. The summed E-state index contributed by atoms with van der Waals surface area (Å²) in [5.41, 5.74) is 5.50. The predicted octanol–water partition coefficient (Wildman–Crippen LogP) is -0.184. The average molecular weight is 334 g/mol. The number of nitrogens with one attached hydrogen (secondary N) is 1. The topological polar surface area (TPSA) is 102 Å². The third kappa shape index (κ3) is 3.89. The summed E-state index contributed by atoms with van der Waals surface area (Å²) in [6.07, 6.45) is 2.48. The second-order valence-corrected chi connectivity index (χ2v) is 6.04. The molecule has 0 aromatic carbocycles. The summed E-state index contributed by atoms with van der Waals surface area (Å²) in [6, 6.07) is -0.766. The van der Waals surface area contributed by atoms with Crippen LogP contribution in [0.2, 0.25) is 0 Å². The minimum Gasteiger partial charge on any atom is -0.468 e. The largest absolute Gasteiger partial charge is 0.468 e. The lowest BCUT2D eigenvalue weighted by atomic mass is 9.82. The second-order valence-electron chi connectivity index (χ2n) is 6.04. The first-order chi connectivity index (χ1) is 9.87. The van der Waals surface area contributed by atoms with E-state index in [1.54, 1.807) is 11.8 Å². The number of nitrogens with two attached hydrogens (primary N) is 1. The van der Waals surface area contributed by atoms with Crippen LogP contribution in [0, 0.1) is 5.92 Å². The molecule has 2 atom stereocenters. The maximum atomic E-state index is 12.1. The summed E-state index contributed by atoms with van der Waals surface area (Å²) in [4.78, 5) is 36.6. The molecule has 22 heavy (non-hydrogen) atoms. The summed E-state index contributed by atoms with van der Waals surface area (Å²) in [5.74, 6) is -0.734. The zero-order valence-corrected chi connectivity index (χ0v) is 13.8. The molecular weight excluding hydrogens is 310 g/mol. The van der Waals surface area contributed by atoms with Crippen LogP contribution < -0.4 is 11.1 Å². The van der Waals surface area contributed by atoms with E-state index in [9.17, 15) is 14.4 Å². The fourth-order valence-corrected chi connectivity index (χ4v) is 3.30. The first kappa shape index (κ1) is 18.7. The van der Waals surface area contributed by atoms with Gasteiger partial charge in [0, 0.05) is 31.5 Å². The minimum absolute atomic E-state index is 0. The molecule has 1 unspecified atom stereocenters. The van der Waals surface area contributed by atoms with Crippen molar-refractivity contribution >= 4 is 30.2 Å². The molecule has 0 bridgehead atoms. The summed E-state index contributed by atoms with van der Waals surface area (Å²) in [5, 5.41) is 3.06. The van der Waals surface area contributed by atoms with E-state index in [0.29, 0.717) is 25.9 Å². The van der Waals surface area contributed by atoms with Crippen LogP contribution in [0.1, 0.15) is 32.6 Å². The van der Waals surface area contributed by atoms with Gasteiger partial charge in [0.25, 0.3) is 0 Å². The van der Waals surface area contributed by atoms with Gasteiger partial charge in [-0.2, -0.15) is 0 Å². The van der Waals surface area contributed by atoms with Gasteiger partial charge < -0.3 is 20.7 Å². The molecule has 0 saturated carbocycles. The molecule has 2 fully saturated rings. The Kier molecular flexibility index (Phi) is 6.19. The number of ether oxygens (including phenoxy) is 1. The van der Waals surface area contributed by atoms with Gasteiger partial charge in [-0.25, -0.2) is 0 Å². The lowest BCUT2D eigenvalue weighted by Gasteiger charge is -2.39. The van der Waals surface area contributed by atoms with Crippen LogP contribution in [0.25, 0.3) is 0 Å². The third-order valence-corrected chi connectivity index (χ3v) is 4.60. The van der Waals surface area contributed by atoms with Crippen molar-refractivity contribution in [3.63, 3.8) is 0 Å². The van der Waals surface area contributed by atoms with Gasteiger partial charge in [-0.15, -0.1) is 12.4 Å². The highest BCUT2D eigenvalue weighted by atomic mass is 35.5. The molecule has 2 aliphatic heterocycles. The SMILES string of the molecule is COC(=O)[C@@H](N)CC1CC2(CCN(C(C)=O)CC2)NC1=O.Cl. The van der Waals surface area contributed by atoms with Crippen molar-refractivity contribution in [1.29, 1.82) is 0 Å². The van der Waals surface area contributed by atoms with Gasteiger partial charge in [-0.3, -0.25) is 14.4 Å². The van der Waals surface area contributed by atoms with Crippen molar-refractivity contribution in [3.8, 4) is 0 Å². The first-order valence-corrected chi connectivity index (χ1v) is 7.28. The highest BCUT2D eigenvalue weighted by Crippen LogP contribution is 2.36. The Morgan fingerprint density at radius 3 is 2.55 bits per heavy atom. The highest BCUT2D eigenvalue weighted by molar-refractivity contribution is 5.85. The van der Waals surface area contributed by atoms with Crippen LogP contribution in [-0.2, 0) is 19.1 Å². The Morgan fingerprint density at radius 1 is 1.45 bits per heavy atom. The average Bonchev–Trinajstić information content (AvgIpc) is 2.74. The summed E-state index contributed by atoms with van der Waals surface area (Å²) in [6.45, 7) is 2.88. The van der Waals surface area contributed by atoms with E-state index < -0.39 is 12.0 Å². The molecule has 1 spiro atoms. The molecule has 126 valence electrons. The van der Waals surface area contributed by atoms with Crippen molar-refractivity contribution in [1.82, 2.24) is 10.2 Å². The zero-order chi connectivity index (χ0) is 15.6. The minimum atomic E-state index is -0.766. The predicted molar refractivity (Wildman–Crippen MR) is 82.3 cm³/mol. The van der Waals surface area contributed by atoms with E-state index in [4.69, 9.17) is 5.73 Å². The van der Waals surface area contributed by atoms with Gasteiger partial charge in [0.05, 0.1) is 7.11 Å². The molecule has 0 radical (unpaired) electrons. The highest BCUT2D eigenvalue weighted by Gasteiger charge is 2.46. The molecule has 2 amide bonds. The number of carbonyl (C=O) groups is 3. The fraction of sp³-hybridized carbons (Fsp3) is 0.786. The number of hydrogen-bond donors (Lipinski definition) is 2. The van der Waals surface area contributed by atoms with E-state index >= 15 is 0 Å². The van der Waals surface area contributed by atoms with Gasteiger partial charge in [-0.1, -0.05) is 0 Å². The maximum Gasteiger partial charge on any atom is 0.322 e. The lowest BCUT2D eigenvalue weighted by Crippen LogP contribution is -2.51. The summed E-state index contributed by atoms with van der Waals surface area (Å²) in [7, 11) is 1.29. The second kappa shape index (κ2) is 7.28. The van der Waals surface area contributed by atoms with Crippen LogP contribution in [0.3, 0.4) is 0 Å². The Labute approximate surface area is 136 Å². The Bertz CT molecular complexity index is 449. The normalized spacial score (nSPS) is 24.4. The number of nitrogens with zero attached hydrogens (tertiary/aromatic N) is 1. The van der Waals surface area contributed by atoms with E-state index in [1.165, 1.54) is 7.11 Å². The quantitative estimate of drug-likeness (QED) is 0.697. The van der Waals surface area contributed by atoms with E-state index in [1.807, 2.05) is 0 Å². The fourth-order valence-electron chi connectivity index (χ4n) is 3.30. The number of methoxy groups -OCH3 is 1. The third-order valence-electron chi connectivity index (χ3n) is 4.60. The van der Waals surface area contributed by atoms with Crippen LogP contribution in [0.4, 0.5) is 0 Å². The van der Waals surface area contributed by atoms with Gasteiger partial charge >= 0.3 is 5.97 Å². The van der Waals surface area contributed by atoms with Crippen LogP contribution in [0.15, 0.2) is 0 Å². The number of likely N-dealkylation sites (tertiary alicyclic amines) is 1. The van der Waals surface area contributed by atoms with Crippen molar-refractivity contribution in [3.05, 3.63) is 0 Å². The number of halogens is 1. The number of rotatable bonds is 3. The molecule has 3 N–H and O–H groups in total. The molecule has 2 heterocycles. The number of piperidine rings is 1. The van der Waals surface area contributed by atoms with Crippen LogP contribution in [-0.4, -0.2) is 54.5 Å². The van der Waals surface area contributed by atoms with Crippen molar-refractivity contribution in [2.45, 2.75) is 44.2 Å². The molecule has 0 aromatic rings. The number of amides is 2. The number of esters is 1. The van der Waals surface area contributed by atoms with Gasteiger partial charge in [0.2, 0.25) is 11.8 Å². The van der Waals surface area contributed by atoms with E-state index in [-0.39, 0.29) is 35.7 Å². The summed E-state index contributed by atoms with van der Waals surface area (Å²) >= 11 is 0.